The summed E-state index contributed by atoms with van der Waals surface area (Å²) in [6.45, 7) is 7.40. The zero-order valence-electron chi connectivity index (χ0n) is 10.1. The van der Waals surface area contributed by atoms with Crippen LogP contribution in [0.4, 0.5) is 0 Å². The molecule has 5 atom stereocenters. The number of hydrogen-bond donors (Lipinski definition) is 0. The second-order valence-electron chi connectivity index (χ2n) is 7.17. The highest BCUT2D eigenvalue weighted by molar-refractivity contribution is 6.78. The Kier molecular flexibility index (Phi) is 1.99. The molecule has 0 N–H and O–H groups in total. The minimum atomic E-state index is -1.12. The van der Waals surface area contributed by atoms with Crippen LogP contribution in [0, 0.1) is 23.7 Å². The van der Waals surface area contributed by atoms with Gasteiger partial charge in [-0.1, -0.05) is 19.6 Å². The lowest BCUT2D eigenvalue weighted by Gasteiger charge is -2.56. The van der Waals surface area contributed by atoms with Crippen LogP contribution in [-0.2, 0) is 4.79 Å². The van der Waals surface area contributed by atoms with Gasteiger partial charge in [0.1, 0.15) is 5.78 Å². The molecule has 0 amide bonds. The number of ketones is 1. The summed E-state index contributed by atoms with van der Waals surface area (Å²) in [6, 6.07) is 0. The minimum Gasteiger partial charge on any atom is -0.299 e. The molecule has 4 bridgehead atoms. The summed E-state index contributed by atoms with van der Waals surface area (Å²) in [7, 11) is -1.12. The van der Waals surface area contributed by atoms with Crippen molar-refractivity contribution in [2.75, 3.05) is 0 Å². The third-order valence-electron chi connectivity index (χ3n) is 5.14. The Hall–Kier alpha value is -0.113. The average Bonchev–Trinajstić information content (AvgIpc) is 2.10. The molecule has 0 radical (unpaired) electrons. The van der Waals surface area contributed by atoms with E-state index in [4.69, 9.17) is 0 Å². The maximum absolute atomic E-state index is 12.3. The Labute approximate surface area is 93.6 Å². The van der Waals surface area contributed by atoms with Gasteiger partial charge in [0.05, 0.1) is 0 Å². The van der Waals surface area contributed by atoms with Gasteiger partial charge in [0.15, 0.2) is 0 Å². The normalized spacial score (nSPS) is 48.7. The van der Waals surface area contributed by atoms with E-state index in [0.29, 0.717) is 17.6 Å². The molecule has 0 aromatic carbocycles. The van der Waals surface area contributed by atoms with E-state index in [1.807, 2.05) is 0 Å². The molecule has 0 aliphatic heterocycles. The number of rotatable bonds is 1. The first kappa shape index (κ1) is 10.1. The molecule has 0 aromatic heterocycles. The molecular weight excluding hydrogens is 200 g/mol. The van der Waals surface area contributed by atoms with Crippen molar-refractivity contribution in [3.05, 3.63) is 0 Å². The van der Waals surface area contributed by atoms with E-state index in [9.17, 15) is 4.79 Å². The molecule has 0 saturated heterocycles. The molecule has 4 aliphatic rings. The van der Waals surface area contributed by atoms with E-state index in [0.717, 1.165) is 17.4 Å². The fourth-order valence-electron chi connectivity index (χ4n) is 4.94. The van der Waals surface area contributed by atoms with Gasteiger partial charge in [-0.15, -0.1) is 0 Å². The number of carbonyl (C=O) groups is 1. The molecular formula is C13H22OSi. The van der Waals surface area contributed by atoms with Gasteiger partial charge in [-0.25, -0.2) is 0 Å². The van der Waals surface area contributed by atoms with Crippen LogP contribution in [0.5, 0.6) is 0 Å². The van der Waals surface area contributed by atoms with Crippen LogP contribution in [0.2, 0.25) is 25.2 Å². The minimum absolute atomic E-state index is 0.486. The van der Waals surface area contributed by atoms with Crippen LogP contribution in [0.15, 0.2) is 0 Å². The first-order valence-corrected chi connectivity index (χ1v) is 10.1. The molecule has 0 heterocycles. The van der Waals surface area contributed by atoms with Gasteiger partial charge in [-0.3, -0.25) is 4.79 Å². The predicted octanol–water partition coefficient (Wildman–Crippen LogP) is 3.33. The topological polar surface area (TPSA) is 17.1 Å². The summed E-state index contributed by atoms with van der Waals surface area (Å²) in [5.74, 6) is 3.49. The highest BCUT2D eigenvalue weighted by atomic mass is 28.3. The number of hydrogen-bond acceptors (Lipinski definition) is 1. The molecule has 4 aliphatic carbocycles. The van der Waals surface area contributed by atoms with Gasteiger partial charge >= 0.3 is 0 Å². The van der Waals surface area contributed by atoms with E-state index in [-0.39, 0.29) is 0 Å². The van der Waals surface area contributed by atoms with Crippen molar-refractivity contribution in [3.63, 3.8) is 0 Å². The highest BCUT2D eigenvalue weighted by Gasteiger charge is 2.56. The molecule has 0 aromatic rings. The average molecular weight is 222 g/mol. The van der Waals surface area contributed by atoms with Crippen LogP contribution in [0.3, 0.4) is 0 Å². The Bertz CT molecular complexity index is 304. The summed E-state index contributed by atoms with van der Waals surface area (Å²) in [6.07, 6.45) is 5.20. The van der Waals surface area contributed by atoms with Crippen molar-refractivity contribution in [2.24, 2.45) is 23.7 Å². The maximum Gasteiger partial charge on any atom is 0.139 e. The number of carbonyl (C=O) groups excluding carboxylic acids is 1. The highest BCUT2D eigenvalue weighted by Crippen LogP contribution is 2.60. The van der Waals surface area contributed by atoms with Crippen LogP contribution in [-0.4, -0.2) is 13.9 Å². The van der Waals surface area contributed by atoms with Crippen LogP contribution < -0.4 is 0 Å². The fraction of sp³-hybridized carbons (Fsp3) is 0.923. The molecule has 4 unspecified atom stereocenters. The van der Waals surface area contributed by atoms with Gasteiger partial charge in [0.25, 0.3) is 0 Å². The van der Waals surface area contributed by atoms with Crippen molar-refractivity contribution in [2.45, 2.75) is 50.9 Å². The summed E-state index contributed by atoms with van der Waals surface area (Å²) >= 11 is 0. The van der Waals surface area contributed by atoms with Crippen molar-refractivity contribution in [3.8, 4) is 0 Å². The standard InChI is InChI=1S/C13H22OSi/c1-15(2,3)13-10-5-8-4-9(7-10)12(14)11(13)6-8/h8-11,13H,4-7H2,1-3H3/t8?,9?,10?,11?,13-/m1/s1. The first-order valence-electron chi connectivity index (χ1n) is 6.50. The van der Waals surface area contributed by atoms with Gasteiger partial charge in [0, 0.05) is 19.9 Å². The third kappa shape index (κ3) is 1.37. The molecule has 84 valence electrons. The summed E-state index contributed by atoms with van der Waals surface area (Å²) < 4.78 is 0. The molecule has 15 heavy (non-hydrogen) atoms. The van der Waals surface area contributed by atoms with E-state index in [1.54, 1.807) is 0 Å². The molecule has 4 fully saturated rings. The smallest absolute Gasteiger partial charge is 0.139 e. The van der Waals surface area contributed by atoms with E-state index < -0.39 is 8.07 Å². The molecule has 2 heteroatoms. The quantitative estimate of drug-likeness (QED) is 0.622. The van der Waals surface area contributed by atoms with Crippen molar-refractivity contribution < 1.29 is 4.79 Å². The van der Waals surface area contributed by atoms with Crippen LogP contribution in [0.1, 0.15) is 25.7 Å². The Morgan fingerprint density at radius 1 is 1.07 bits per heavy atom. The molecule has 4 rings (SSSR count). The Balaban J connectivity index is 1.96. The van der Waals surface area contributed by atoms with Gasteiger partial charge in [-0.2, -0.15) is 0 Å². The van der Waals surface area contributed by atoms with Crippen molar-refractivity contribution in [1.82, 2.24) is 0 Å². The van der Waals surface area contributed by atoms with Gasteiger partial charge < -0.3 is 0 Å². The summed E-state index contributed by atoms with van der Waals surface area (Å²) in [5, 5.41) is 0. The Morgan fingerprint density at radius 3 is 2.47 bits per heavy atom. The molecule has 4 saturated carbocycles. The van der Waals surface area contributed by atoms with Crippen LogP contribution >= 0.6 is 0 Å². The molecule has 1 nitrogen and oxygen atoms in total. The lowest BCUT2D eigenvalue weighted by molar-refractivity contribution is -0.140. The second kappa shape index (κ2) is 2.97. The summed E-state index contributed by atoms with van der Waals surface area (Å²) in [4.78, 5) is 12.3. The fourth-order valence-corrected chi connectivity index (χ4v) is 8.14. The predicted molar refractivity (Wildman–Crippen MR) is 64.5 cm³/mol. The lowest BCUT2D eigenvalue weighted by atomic mass is 9.55. The summed E-state index contributed by atoms with van der Waals surface area (Å²) in [5.41, 5.74) is 0.817. The monoisotopic (exact) mass is 222 g/mol. The number of Topliss-reactive ketones (excluding diaryl/α,β-unsaturated/α-hetero) is 1. The zero-order chi connectivity index (χ0) is 10.8. The zero-order valence-corrected chi connectivity index (χ0v) is 11.1. The Morgan fingerprint density at radius 2 is 1.80 bits per heavy atom. The van der Waals surface area contributed by atoms with E-state index >= 15 is 0 Å². The maximum atomic E-state index is 12.3. The van der Waals surface area contributed by atoms with E-state index in [2.05, 4.69) is 19.6 Å². The van der Waals surface area contributed by atoms with Gasteiger partial charge in [0.2, 0.25) is 0 Å². The first-order chi connectivity index (χ1) is 6.97. The molecule has 0 spiro atoms. The second-order valence-corrected chi connectivity index (χ2v) is 12.6. The largest absolute Gasteiger partial charge is 0.299 e. The lowest BCUT2D eigenvalue weighted by Crippen LogP contribution is -2.54. The van der Waals surface area contributed by atoms with Crippen molar-refractivity contribution >= 4 is 13.9 Å². The van der Waals surface area contributed by atoms with Crippen molar-refractivity contribution in [1.29, 1.82) is 0 Å². The third-order valence-corrected chi connectivity index (χ3v) is 8.01. The van der Waals surface area contributed by atoms with Gasteiger partial charge in [-0.05, 0) is 43.1 Å². The van der Waals surface area contributed by atoms with E-state index in [1.165, 1.54) is 25.7 Å². The SMILES string of the molecule is C[Si](C)(C)[C@@H]1C2CC3CC(C2)C(=O)C1C3. The van der Waals surface area contributed by atoms with Crippen LogP contribution in [0.25, 0.3) is 0 Å².